The van der Waals surface area contributed by atoms with Gasteiger partial charge in [-0.1, -0.05) is 11.6 Å². The number of amides is 1. The summed E-state index contributed by atoms with van der Waals surface area (Å²) < 4.78 is 44.2. The van der Waals surface area contributed by atoms with Gasteiger partial charge in [0.05, 0.1) is 24.6 Å². The number of anilines is 1. The summed E-state index contributed by atoms with van der Waals surface area (Å²) in [6.45, 7) is 1.66. The zero-order chi connectivity index (χ0) is 24.5. The molecular formula is C22H19ClF3N5O3. The van der Waals surface area contributed by atoms with Crippen molar-refractivity contribution in [2.45, 2.75) is 6.18 Å². The molecule has 1 saturated heterocycles. The summed E-state index contributed by atoms with van der Waals surface area (Å²) in [6, 6.07) is 8.70. The summed E-state index contributed by atoms with van der Waals surface area (Å²) >= 11 is 6.29. The van der Waals surface area contributed by atoms with Crippen LogP contribution in [-0.2, 0) is 6.18 Å². The number of methoxy groups -OCH3 is 1. The molecule has 0 aliphatic carbocycles. The van der Waals surface area contributed by atoms with E-state index in [-0.39, 0.29) is 16.7 Å². The number of carbonyl (C=O) groups is 1. The van der Waals surface area contributed by atoms with Gasteiger partial charge in [0, 0.05) is 37.9 Å². The first-order chi connectivity index (χ1) is 16.2. The van der Waals surface area contributed by atoms with Gasteiger partial charge in [-0.2, -0.15) is 23.0 Å². The number of ether oxygens (including phenoxy) is 1. The largest absolute Gasteiger partial charge is 0.497 e. The Labute approximate surface area is 197 Å². The van der Waals surface area contributed by atoms with E-state index in [0.29, 0.717) is 49.4 Å². The van der Waals surface area contributed by atoms with Crippen LogP contribution in [0.15, 0.2) is 53.6 Å². The maximum atomic E-state index is 12.7. The van der Waals surface area contributed by atoms with Crippen molar-refractivity contribution >= 4 is 23.2 Å². The van der Waals surface area contributed by atoms with Gasteiger partial charge in [-0.15, -0.1) is 0 Å². The molecular weight excluding hydrogens is 475 g/mol. The monoisotopic (exact) mass is 493 g/mol. The lowest BCUT2D eigenvalue weighted by molar-refractivity contribution is -0.137. The highest BCUT2D eigenvalue weighted by Crippen LogP contribution is 2.29. The number of alkyl halides is 3. The Morgan fingerprint density at radius 1 is 1.03 bits per heavy atom. The van der Waals surface area contributed by atoms with Crippen molar-refractivity contribution in [1.82, 2.24) is 19.7 Å². The van der Waals surface area contributed by atoms with Gasteiger partial charge in [-0.05, 0) is 36.4 Å². The van der Waals surface area contributed by atoms with E-state index in [1.165, 1.54) is 6.20 Å². The van der Waals surface area contributed by atoms with Crippen molar-refractivity contribution in [1.29, 1.82) is 0 Å². The van der Waals surface area contributed by atoms with Crippen molar-refractivity contribution in [2.24, 2.45) is 0 Å². The Balaban J connectivity index is 1.47. The Kier molecular flexibility index (Phi) is 6.47. The standard InChI is InChI=1S/C22H19ClF3N5O3/c1-34-16-5-2-14(3-6-16)20(32)30-10-8-29(9-11-30)17-13-28-31(21(33)19(17)23)18-7-4-15(12-27-18)22(24,25)26/h2-7,12-13H,8-11H2,1H3. The average Bonchev–Trinajstić information content (AvgIpc) is 2.85. The molecule has 1 fully saturated rings. The molecule has 4 rings (SSSR count). The Morgan fingerprint density at radius 2 is 1.71 bits per heavy atom. The molecule has 1 amide bonds. The number of hydrogen-bond acceptors (Lipinski definition) is 6. The van der Waals surface area contributed by atoms with Crippen LogP contribution >= 0.6 is 11.6 Å². The third-order valence-electron chi connectivity index (χ3n) is 5.44. The molecule has 1 aliphatic heterocycles. The molecule has 3 aromatic rings. The molecule has 0 atom stereocenters. The van der Waals surface area contributed by atoms with Gasteiger partial charge in [-0.25, -0.2) is 4.98 Å². The first-order valence-corrected chi connectivity index (χ1v) is 10.6. The van der Waals surface area contributed by atoms with Crippen LogP contribution in [0.5, 0.6) is 5.75 Å². The number of pyridine rings is 1. The molecule has 3 heterocycles. The molecule has 1 aromatic carbocycles. The van der Waals surface area contributed by atoms with Gasteiger partial charge in [0.15, 0.2) is 5.82 Å². The van der Waals surface area contributed by atoms with E-state index in [1.807, 2.05) is 4.90 Å². The topological polar surface area (TPSA) is 80.6 Å². The fraction of sp³-hybridized carbons (Fsp3) is 0.273. The SMILES string of the molecule is COc1ccc(C(=O)N2CCN(c3cnn(-c4ccc(C(F)(F)F)cn4)c(=O)c3Cl)CC2)cc1. The Bertz CT molecular complexity index is 1240. The van der Waals surface area contributed by atoms with Gasteiger partial charge in [0.2, 0.25) is 0 Å². The van der Waals surface area contributed by atoms with E-state index < -0.39 is 17.3 Å². The molecule has 8 nitrogen and oxygen atoms in total. The van der Waals surface area contributed by atoms with Gasteiger partial charge >= 0.3 is 6.18 Å². The second kappa shape index (κ2) is 9.34. The number of hydrogen-bond donors (Lipinski definition) is 0. The maximum Gasteiger partial charge on any atom is 0.417 e. The van der Waals surface area contributed by atoms with E-state index in [9.17, 15) is 22.8 Å². The van der Waals surface area contributed by atoms with Crippen molar-refractivity contribution in [3.63, 3.8) is 0 Å². The van der Waals surface area contributed by atoms with Gasteiger partial charge in [-0.3, -0.25) is 9.59 Å². The van der Waals surface area contributed by atoms with Crippen molar-refractivity contribution in [3.8, 4) is 11.6 Å². The summed E-state index contributed by atoms with van der Waals surface area (Å²) in [4.78, 5) is 32.7. The Hall–Kier alpha value is -3.60. The van der Waals surface area contributed by atoms with Crippen LogP contribution in [0.4, 0.5) is 18.9 Å². The molecule has 0 N–H and O–H groups in total. The first-order valence-electron chi connectivity index (χ1n) is 10.2. The quantitative estimate of drug-likeness (QED) is 0.555. The van der Waals surface area contributed by atoms with E-state index in [0.717, 1.165) is 16.8 Å². The minimum Gasteiger partial charge on any atom is -0.497 e. The van der Waals surface area contributed by atoms with Crippen molar-refractivity contribution < 1.29 is 22.7 Å². The smallest absolute Gasteiger partial charge is 0.417 e. The molecule has 34 heavy (non-hydrogen) atoms. The Morgan fingerprint density at radius 3 is 2.26 bits per heavy atom. The van der Waals surface area contributed by atoms with E-state index in [4.69, 9.17) is 16.3 Å². The molecule has 1 aliphatic rings. The number of carbonyl (C=O) groups excluding carboxylic acids is 1. The fourth-order valence-corrected chi connectivity index (χ4v) is 3.80. The first kappa shape index (κ1) is 23.6. The van der Waals surface area contributed by atoms with Crippen molar-refractivity contribution in [3.05, 3.63) is 75.3 Å². The number of nitrogens with zero attached hydrogens (tertiary/aromatic N) is 5. The highest BCUT2D eigenvalue weighted by atomic mass is 35.5. The van der Waals surface area contributed by atoms with Crippen LogP contribution < -0.4 is 15.2 Å². The summed E-state index contributed by atoms with van der Waals surface area (Å²) in [6.07, 6.45) is -2.54. The summed E-state index contributed by atoms with van der Waals surface area (Å²) in [5, 5.41) is 3.90. The molecule has 12 heteroatoms. The van der Waals surface area contributed by atoms with Crippen LogP contribution in [-0.4, -0.2) is 58.9 Å². The lowest BCUT2D eigenvalue weighted by atomic mass is 10.1. The number of piperazine rings is 1. The minimum atomic E-state index is -4.54. The maximum absolute atomic E-state index is 12.7. The molecule has 0 spiro atoms. The number of benzene rings is 1. The summed E-state index contributed by atoms with van der Waals surface area (Å²) in [7, 11) is 1.55. The third kappa shape index (κ3) is 4.69. The van der Waals surface area contributed by atoms with Crippen LogP contribution in [0.1, 0.15) is 15.9 Å². The molecule has 0 saturated carbocycles. The molecule has 178 valence electrons. The van der Waals surface area contributed by atoms with Crippen LogP contribution in [0.25, 0.3) is 5.82 Å². The summed E-state index contributed by atoms with van der Waals surface area (Å²) in [5.74, 6) is 0.460. The van der Waals surface area contributed by atoms with Crippen LogP contribution in [0.2, 0.25) is 5.02 Å². The average molecular weight is 494 g/mol. The second-order valence-corrected chi connectivity index (χ2v) is 7.85. The molecule has 2 aromatic heterocycles. The van der Waals surface area contributed by atoms with Gasteiger partial charge in [0.1, 0.15) is 10.8 Å². The van der Waals surface area contributed by atoms with E-state index in [1.54, 1.807) is 36.3 Å². The second-order valence-electron chi connectivity index (χ2n) is 7.47. The minimum absolute atomic E-state index is 0.0821. The van der Waals surface area contributed by atoms with Gasteiger partial charge in [0.25, 0.3) is 11.5 Å². The van der Waals surface area contributed by atoms with Crippen LogP contribution in [0.3, 0.4) is 0 Å². The highest BCUT2D eigenvalue weighted by Gasteiger charge is 2.31. The summed E-state index contributed by atoms with van der Waals surface area (Å²) in [5.41, 5.74) is -0.718. The highest BCUT2D eigenvalue weighted by molar-refractivity contribution is 6.33. The molecule has 0 unspecified atom stereocenters. The third-order valence-corrected chi connectivity index (χ3v) is 5.79. The van der Waals surface area contributed by atoms with Crippen LogP contribution in [0, 0.1) is 0 Å². The molecule has 0 bridgehead atoms. The zero-order valence-corrected chi connectivity index (χ0v) is 18.7. The predicted octanol–water partition coefficient (Wildman–Crippen LogP) is 3.27. The number of rotatable bonds is 4. The number of halogens is 4. The number of aromatic nitrogens is 3. The van der Waals surface area contributed by atoms with E-state index >= 15 is 0 Å². The normalized spacial score (nSPS) is 14.3. The predicted molar refractivity (Wildman–Crippen MR) is 119 cm³/mol. The lowest BCUT2D eigenvalue weighted by Crippen LogP contribution is -2.49. The zero-order valence-electron chi connectivity index (χ0n) is 17.9. The lowest BCUT2D eigenvalue weighted by Gasteiger charge is -2.36. The van der Waals surface area contributed by atoms with Crippen molar-refractivity contribution in [2.75, 3.05) is 38.2 Å². The molecule has 0 radical (unpaired) electrons. The van der Waals surface area contributed by atoms with Gasteiger partial charge < -0.3 is 14.5 Å². The van der Waals surface area contributed by atoms with E-state index in [2.05, 4.69) is 10.1 Å². The fourth-order valence-electron chi connectivity index (χ4n) is 3.55.